The molecule has 4 aliphatic rings. The lowest BCUT2D eigenvalue weighted by Gasteiger charge is -2.40. The van der Waals surface area contributed by atoms with Crippen LogP contribution in [-0.2, 0) is 30.4 Å². The van der Waals surface area contributed by atoms with Crippen LogP contribution in [0.2, 0.25) is 0 Å². The maximum atomic E-state index is 14.4. The van der Waals surface area contributed by atoms with Crippen LogP contribution in [0.25, 0.3) is 0 Å². The Morgan fingerprint density at radius 3 is 2.53 bits per heavy atom. The van der Waals surface area contributed by atoms with Gasteiger partial charge in [0.05, 0.1) is 30.8 Å². The summed E-state index contributed by atoms with van der Waals surface area (Å²) in [6, 6.07) is 8.13. The van der Waals surface area contributed by atoms with Crippen LogP contribution in [0.5, 0.6) is 0 Å². The molecule has 204 valence electrons. The molecule has 0 aliphatic carbocycles. The fourth-order valence-corrected chi connectivity index (χ4v) is 6.78. The Kier molecular flexibility index (Phi) is 7.22. The quantitative estimate of drug-likeness (QED) is 0.456. The highest BCUT2D eigenvalue weighted by Crippen LogP contribution is 2.57. The van der Waals surface area contributed by atoms with Crippen molar-refractivity contribution >= 4 is 17.8 Å². The average Bonchev–Trinajstić information content (AvgIpc) is 3.24. The molecule has 0 radical (unpaired) electrons. The van der Waals surface area contributed by atoms with E-state index in [1.807, 2.05) is 75.4 Å². The molecule has 2 saturated heterocycles. The molecule has 0 aromatic heterocycles. The Bertz CT molecular complexity index is 1130. The van der Waals surface area contributed by atoms with Crippen LogP contribution in [0.15, 0.2) is 54.6 Å². The van der Waals surface area contributed by atoms with Gasteiger partial charge in [-0.1, -0.05) is 68.5 Å². The molecule has 4 aliphatic heterocycles. The fraction of sp³-hybridized carbons (Fsp3) is 0.567. The van der Waals surface area contributed by atoms with Gasteiger partial charge in [0.1, 0.15) is 17.6 Å². The largest absolute Gasteiger partial charge is 0.465 e. The van der Waals surface area contributed by atoms with E-state index in [2.05, 4.69) is 0 Å². The molecule has 5 rings (SSSR count). The van der Waals surface area contributed by atoms with Gasteiger partial charge >= 0.3 is 5.97 Å². The van der Waals surface area contributed by atoms with Crippen LogP contribution in [-0.4, -0.2) is 75.7 Å². The Hall–Kier alpha value is -2.97. The SMILES string of the molecule is CC(C)C[C@H](CO)N1C(=O)[C@@H]2[C@H]3C(=O)OCCC/C=C\[C@@]3(C)O[C@@]23C=CCN(Cc2ccccc2)C(=O)C13. The number of likely N-dealkylation sites (tertiary alicyclic amines) is 1. The first-order chi connectivity index (χ1) is 18.2. The summed E-state index contributed by atoms with van der Waals surface area (Å²) in [7, 11) is 0. The topological polar surface area (TPSA) is 96.4 Å². The lowest BCUT2D eigenvalue weighted by atomic mass is 9.74. The van der Waals surface area contributed by atoms with Crippen molar-refractivity contribution in [1.82, 2.24) is 9.80 Å². The number of esters is 1. The van der Waals surface area contributed by atoms with E-state index in [1.54, 1.807) is 4.90 Å². The highest BCUT2D eigenvalue weighted by atomic mass is 16.6. The molecule has 1 unspecified atom stereocenters. The normalized spacial score (nSPS) is 34.6. The van der Waals surface area contributed by atoms with E-state index in [0.29, 0.717) is 25.9 Å². The van der Waals surface area contributed by atoms with Gasteiger partial charge < -0.3 is 24.4 Å². The average molecular weight is 523 g/mol. The number of carbonyl (C=O) groups excluding carboxylic acids is 3. The predicted octanol–water partition coefficient (Wildman–Crippen LogP) is 2.86. The number of ether oxygens (including phenoxy) is 2. The van der Waals surface area contributed by atoms with Crippen molar-refractivity contribution in [3.05, 3.63) is 60.2 Å². The number of hydrogen-bond acceptors (Lipinski definition) is 6. The van der Waals surface area contributed by atoms with Gasteiger partial charge in [-0.15, -0.1) is 0 Å². The molecule has 1 aromatic carbocycles. The van der Waals surface area contributed by atoms with Crippen molar-refractivity contribution in [3.8, 4) is 0 Å². The number of aliphatic hydroxyl groups is 1. The molecule has 2 amide bonds. The molecule has 1 spiro atoms. The van der Waals surface area contributed by atoms with Crippen LogP contribution in [0.3, 0.4) is 0 Å². The second-order valence-corrected chi connectivity index (χ2v) is 11.5. The summed E-state index contributed by atoms with van der Waals surface area (Å²) in [5.41, 5.74) is -1.49. The van der Waals surface area contributed by atoms with Crippen molar-refractivity contribution in [2.45, 2.75) is 69.9 Å². The number of aliphatic hydroxyl groups excluding tert-OH is 1. The zero-order chi connectivity index (χ0) is 27.1. The van der Waals surface area contributed by atoms with Crippen molar-refractivity contribution < 1.29 is 29.0 Å². The van der Waals surface area contributed by atoms with Gasteiger partial charge in [-0.2, -0.15) is 0 Å². The van der Waals surface area contributed by atoms with E-state index in [4.69, 9.17) is 9.47 Å². The highest BCUT2D eigenvalue weighted by molar-refractivity contribution is 5.99. The van der Waals surface area contributed by atoms with E-state index in [-0.39, 0.29) is 30.9 Å². The number of carbonyl (C=O) groups is 3. The first-order valence-corrected chi connectivity index (χ1v) is 13.7. The first kappa shape index (κ1) is 26.6. The first-order valence-electron chi connectivity index (χ1n) is 13.7. The van der Waals surface area contributed by atoms with Gasteiger partial charge in [0.2, 0.25) is 11.8 Å². The maximum absolute atomic E-state index is 14.4. The summed E-state index contributed by atoms with van der Waals surface area (Å²) >= 11 is 0. The third kappa shape index (κ3) is 4.37. The van der Waals surface area contributed by atoms with Gasteiger partial charge in [-0.25, -0.2) is 0 Å². The third-order valence-corrected chi connectivity index (χ3v) is 8.34. The predicted molar refractivity (Wildman–Crippen MR) is 140 cm³/mol. The molecule has 1 N–H and O–H groups in total. The Morgan fingerprint density at radius 1 is 1.05 bits per heavy atom. The Morgan fingerprint density at radius 2 is 1.82 bits per heavy atom. The van der Waals surface area contributed by atoms with Gasteiger partial charge in [0.15, 0.2) is 0 Å². The molecule has 2 fully saturated rings. The van der Waals surface area contributed by atoms with Gasteiger partial charge in [0.25, 0.3) is 0 Å². The number of cyclic esters (lactones) is 1. The summed E-state index contributed by atoms with van der Waals surface area (Å²) in [6.45, 7) is 6.55. The molecular formula is C30H38N2O6. The van der Waals surface area contributed by atoms with Crippen molar-refractivity contribution in [2.24, 2.45) is 17.8 Å². The highest BCUT2D eigenvalue weighted by Gasteiger charge is 2.75. The van der Waals surface area contributed by atoms with Crippen LogP contribution in [0.1, 0.15) is 45.6 Å². The number of allylic oxidation sites excluding steroid dienone is 1. The lowest BCUT2D eigenvalue weighted by molar-refractivity contribution is -0.161. The van der Waals surface area contributed by atoms with Crippen molar-refractivity contribution in [2.75, 3.05) is 19.8 Å². The zero-order valence-electron chi connectivity index (χ0n) is 22.4. The summed E-state index contributed by atoms with van der Waals surface area (Å²) in [5, 5.41) is 10.4. The van der Waals surface area contributed by atoms with E-state index in [0.717, 1.165) is 12.0 Å². The van der Waals surface area contributed by atoms with Gasteiger partial charge in [-0.3, -0.25) is 14.4 Å². The Labute approximate surface area is 224 Å². The van der Waals surface area contributed by atoms with Crippen LogP contribution < -0.4 is 0 Å². The molecule has 0 bridgehead atoms. The molecule has 38 heavy (non-hydrogen) atoms. The van der Waals surface area contributed by atoms with Gasteiger partial charge in [-0.05, 0) is 37.7 Å². The van der Waals surface area contributed by atoms with E-state index < -0.39 is 41.1 Å². The second-order valence-electron chi connectivity index (χ2n) is 11.5. The van der Waals surface area contributed by atoms with E-state index in [9.17, 15) is 19.5 Å². The molecular weight excluding hydrogens is 484 g/mol. The second kappa shape index (κ2) is 10.3. The molecule has 6 atom stereocenters. The zero-order valence-corrected chi connectivity index (χ0v) is 22.4. The lowest BCUT2D eigenvalue weighted by Crippen LogP contribution is -2.58. The summed E-state index contributed by atoms with van der Waals surface area (Å²) in [5.74, 6) is -2.74. The smallest absolute Gasteiger partial charge is 0.313 e. The molecule has 8 nitrogen and oxygen atoms in total. The number of rotatable bonds is 6. The third-order valence-electron chi connectivity index (χ3n) is 8.34. The number of nitrogens with zero attached hydrogens (tertiary/aromatic N) is 2. The molecule has 1 aromatic rings. The fourth-order valence-electron chi connectivity index (χ4n) is 6.78. The minimum atomic E-state index is -1.36. The number of amides is 2. The summed E-state index contributed by atoms with van der Waals surface area (Å²) in [6.07, 6.45) is 9.49. The minimum Gasteiger partial charge on any atom is -0.465 e. The van der Waals surface area contributed by atoms with E-state index in [1.165, 1.54) is 4.90 Å². The van der Waals surface area contributed by atoms with Gasteiger partial charge in [0, 0.05) is 13.1 Å². The maximum Gasteiger partial charge on any atom is 0.313 e. The number of fused-ring (bicyclic) bond motifs is 2. The standard InChI is InChI=1S/C30H38N2O6/c1-20(2)17-22(19-33)32-25-27(35)31(18-21-11-6-4-7-12-21)15-10-14-30(25)23(26(32)34)24-28(36)37-16-9-5-8-13-29(24,3)38-30/h4,6-8,10-14,20,22-25,33H,5,9,15-19H2,1-3H3/b13-8-/t22-,23+,24+,25?,29-,30+/m1/s1. The number of hydrogen-bond donors (Lipinski definition) is 1. The summed E-state index contributed by atoms with van der Waals surface area (Å²) in [4.78, 5) is 45.5. The summed E-state index contributed by atoms with van der Waals surface area (Å²) < 4.78 is 12.4. The molecule has 8 heteroatoms. The Balaban J connectivity index is 1.63. The van der Waals surface area contributed by atoms with Crippen LogP contribution in [0.4, 0.5) is 0 Å². The van der Waals surface area contributed by atoms with Crippen molar-refractivity contribution in [3.63, 3.8) is 0 Å². The van der Waals surface area contributed by atoms with Crippen LogP contribution in [0, 0.1) is 17.8 Å². The van der Waals surface area contributed by atoms with Crippen molar-refractivity contribution in [1.29, 1.82) is 0 Å². The monoisotopic (exact) mass is 522 g/mol. The van der Waals surface area contributed by atoms with Crippen LogP contribution >= 0.6 is 0 Å². The number of benzene rings is 1. The minimum absolute atomic E-state index is 0.178. The molecule has 4 heterocycles. The van der Waals surface area contributed by atoms with E-state index >= 15 is 0 Å². The molecule has 0 saturated carbocycles.